The lowest BCUT2D eigenvalue weighted by Crippen LogP contribution is -2.44. The molecule has 1 spiro atoms. The molecule has 1 unspecified atom stereocenters. The molecule has 1 aliphatic heterocycles. The SMILES string of the molecule is C=CCn1c(=O)c2cnc(Nc3ccc(N4CCN(C)CC4)cc3)nc2n1-c1ccc2c(n1)C(O)(CC)C1(CCCC1)C2. The Morgan fingerprint density at radius 1 is 1.05 bits per heavy atom. The normalized spacial score (nSPS) is 21.5. The molecule has 1 aromatic carbocycles. The second-order valence-corrected chi connectivity index (χ2v) is 12.4. The van der Waals surface area contributed by atoms with E-state index in [1.165, 1.54) is 5.69 Å². The number of benzene rings is 1. The Labute approximate surface area is 251 Å². The van der Waals surface area contributed by atoms with Crippen molar-refractivity contribution in [3.8, 4) is 5.82 Å². The fourth-order valence-electron chi connectivity index (χ4n) is 7.60. The predicted octanol–water partition coefficient (Wildman–Crippen LogP) is 4.37. The molecule has 1 saturated carbocycles. The topological polar surface area (TPSA) is 104 Å². The summed E-state index contributed by atoms with van der Waals surface area (Å²) in [5.74, 6) is 0.941. The van der Waals surface area contributed by atoms with Gasteiger partial charge in [-0.2, -0.15) is 4.98 Å². The monoisotopic (exact) mass is 580 g/mol. The highest BCUT2D eigenvalue weighted by Crippen LogP contribution is 2.59. The third kappa shape index (κ3) is 4.46. The highest BCUT2D eigenvalue weighted by atomic mass is 16.3. The first-order valence-corrected chi connectivity index (χ1v) is 15.5. The van der Waals surface area contributed by atoms with E-state index >= 15 is 0 Å². The van der Waals surface area contributed by atoms with Crippen LogP contribution in [0.1, 0.15) is 50.3 Å². The molecule has 43 heavy (non-hydrogen) atoms. The van der Waals surface area contributed by atoms with Crippen molar-refractivity contribution in [1.82, 2.24) is 29.2 Å². The second kappa shape index (κ2) is 10.6. The number of nitrogens with one attached hydrogen (secondary N) is 1. The summed E-state index contributed by atoms with van der Waals surface area (Å²) in [4.78, 5) is 32.6. The molecule has 3 aromatic heterocycles. The summed E-state index contributed by atoms with van der Waals surface area (Å²) in [5.41, 5.74) is 3.00. The van der Waals surface area contributed by atoms with Gasteiger partial charge in [0.25, 0.3) is 5.56 Å². The highest BCUT2D eigenvalue weighted by Gasteiger charge is 2.57. The molecule has 2 fully saturated rings. The van der Waals surface area contributed by atoms with Gasteiger partial charge in [0.2, 0.25) is 5.95 Å². The zero-order valence-corrected chi connectivity index (χ0v) is 25.1. The van der Waals surface area contributed by atoms with Gasteiger partial charge < -0.3 is 20.2 Å². The van der Waals surface area contributed by atoms with Gasteiger partial charge in [-0.15, -0.1) is 6.58 Å². The fraction of sp³-hybridized carbons (Fsp3) is 0.455. The number of anilines is 3. The number of aromatic nitrogens is 5. The van der Waals surface area contributed by atoms with E-state index in [-0.39, 0.29) is 17.5 Å². The van der Waals surface area contributed by atoms with Gasteiger partial charge in [-0.25, -0.2) is 19.3 Å². The number of allylic oxidation sites excluding steroid dienone is 1. The number of rotatable bonds is 7. The summed E-state index contributed by atoms with van der Waals surface area (Å²) < 4.78 is 3.33. The molecule has 0 amide bonds. The van der Waals surface area contributed by atoms with Crippen molar-refractivity contribution in [3.05, 3.63) is 76.9 Å². The summed E-state index contributed by atoms with van der Waals surface area (Å²) in [6.45, 7) is 10.3. The fourth-order valence-corrected chi connectivity index (χ4v) is 7.60. The van der Waals surface area contributed by atoms with Crippen molar-refractivity contribution in [2.24, 2.45) is 5.41 Å². The molecule has 4 heterocycles. The molecule has 2 aliphatic carbocycles. The molecule has 10 heteroatoms. The van der Waals surface area contributed by atoms with Gasteiger partial charge in [0, 0.05) is 49.2 Å². The Bertz CT molecular complexity index is 1730. The van der Waals surface area contributed by atoms with E-state index in [1.807, 2.05) is 25.1 Å². The number of pyridine rings is 1. The van der Waals surface area contributed by atoms with E-state index in [1.54, 1.807) is 21.6 Å². The van der Waals surface area contributed by atoms with Gasteiger partial charge in [0.15, 0.2) is 11.5 Å². The lowest BCUT2D eigenvalue weighted by Gasteiger charge is -2.39. The Morgan fingerprint density at radius 3 is 2.49 bits per heavy atom. The minimum absolute atomic E-state index is 0.158. The van der Waals surface area contributed by atoms with Crippen LogP contribution in [0.5, 0.6) is 0 Å². The van der Waals surface area contributed by atoms with Crippen molar-refractivity contribution in [3.63, 3.8) is 0 Å². The molecule has 224 valence electrons. The molecular formula is C33H40N8O2. The molecule has 4 aromatic rings. The first kappa shape index (κ1) is 27.8. The first-order chi connectivity index (χ1) is 20.9. The van der Waals surface area contributed by atoms with Crippen molar-refractivity contribution < 1.29 is 5.11 Å². The first-order valence-electron chi connectivity index (χ1n) is 15.5. The minimum atomic E-state index is -0.987. The average molecular weight is 581 g/mol. The van der Waals surface area contributed by atoms with E-state index in [2.05, 4.69) is 51.9 Å². The Hall–Kier alpha value is -4.02. The van der Waals surface area contributed by atoms with Crippen LogP contribution >= 0.6 is 0 Å². The van der Waals surface area contributed by atoms with Crippen LogP contribution in [0.25, 0.3) is 16.9 Å². The van der Waals surface area contributed by atoms with Crippen molar-refractivity contribution in [2.75, 3.05) is 43.4 Å². The van der Waals surface area contributed by atoms with Crippen LogP contribution in [-0.2, 0) is 18.6 Å². The summed E-state index contributed by atoms with van der Waals surface area (Å²) in [7, 11) is 2.16. The van der Waals surface area contributed by atoms with Crippen molar-refractivity contribution in [1.29, 1.82) is 0 Å². The van der Waals surface area contributed by atoms with E-state index in [0.29, 0.717) is 29.2 Å². The van der Waals surface area contributed by atoms with Gasteiger partial charge in [-0.3, -0.25) is 4.79 Å². The summed E-state index contributed by atoms with van der Waals surface area (Å²) >= 11 is 0. The Kier molecular flexibility index (Phi) is 6.85. The standard InChI is InChI=1S/C33H40N8O2/c1-4-16-40-30(42)26-22-34-31(35-24-9-11-25(12-10-24)39-19-17-38(3)18-20-39)37-29(26)41(40)27-13-8-23-21-32(14-6-7-15-32)33(43,5-2)28(23)36-27/h4,8-13,22,43H,1,5-7,14-21H2,2-3H3,(H,34,35,37). The lowest BCUT2D eigenvalue weighted by molar-refractivity contribution is -0.0816. The maximum Gasteiger partial charge on any atom is 0.278 e. The third-order valence-corrected chi connectivity index (χ3v) is 10.0. The Morgan fingerprint density at radius 2 is 1.79 bits per heavy atom. The quantitative estimate of drug-likeness (QED) is 0.311. The molecule has 1 saturated heterocycles. The van der Waals surface area contributed by atoms with Gasteiger partial charge in [0.05, 0.1) is 12.2 Å². The van der Waals surface area contributed by atoms with Crippen LogP contribution in [0.3, 0.4) is 0 Å². The van der Waals surface area contributed by atoms with Crippen LogP contribution in [0.2, 0.25) is 0 Å². The number of hydrogen-bond acceptors (Lipinski definition) is 8. The van der Waals surface area contributed by atoms with Gasteiger partial charge in [-0.1, -0.05) is 31.9 Å². The zero-order valence-electron chi connectivity index (χ0n) is 25.1. The van der Waals surface area contributed by atoms with E-state index in [4.69, 9.17) is 9.97 Å². The van der Waals surface area contributed by atoms with Gasteiger partial charge >= 0.3 is 0 Å². The number of likely N-dealkylation sites (N-methyl/N-ethyl adjacent to an activating group) is 1. The third-order valence-electron chi connectivity index (χ3n) is 10.0. The molecule has 2 N–H and O–H groups in total. The second-order valence-electron chi connectivity index (χ2n) is 12.4. The predicted molar refractivity (Wildman–Crippen MR) is 169 cm³/mol. The van der Waals surface area contributed by atoms with Crippen LogP contribution in [0.15, 0.2) is 60.0 Å². The zero-order chi connectivity index (χ0) is 29.8. The van der Waals surface area contributed by atoms with Gasteiger partial charge in [-0.05, 0) is 68.6 Å². The largest absolute Gasteiger partial charge is 0.383 e. The molecule has 0 radical (unpaired) electrons. The molecule has 0 bridgehead atoms. The number of nitrogens with zero attached hydrogens (tertiary/aromatic N) is 7. The number of fused-ring (bicyclic) bond motifs is 2. The van der Waals surface area contributed by atoms with Crippen molar-refractivity contribution in [2.45, 2.75) is 57.6 Å². The van der Waals surface area contributed by atoms with Crippen LogP contribution in [0.4, 0.5) is 17.3 Å². The van der Waals surface area contributed by atoms with Gasteiger partial charge in [0.1, 0.15) is 11.0 Å². The minimum Gasteiger partial charge on any atom is -0.383 e. The molecular weight excluding hydrogens is 540 g/mol. The molecule has 3 aliphatic rings. The maximum absolute atomic E-state index is 13.5. The van der Waals surface area contributed by atoms with Crippen molar-refractivity contribution >= 4 is 28.4 Å². The summed E-state index contributed by atoms with van der Waals surface area (Å²) in [6.07, 6.45) is 9.00. The number of hydrogen-bond donors (Lipinski definition) is 2. The highest BCUT2D eigenvalue weighted by molar-refractivity contribution is 5.77. The maximum atomic E-state index is 13.5. The smallest absolute Gasteiger partial charge is 0.278 e. The molecule has 10 nitrogen and oxygen atoms in total. The number of piperazine rings is 1. The number of aliphatic hydroxyl groups is 1. The summed E-state index contributed by atoms with van der Waals surface area (Å²) in [5, 5.41) is 15.8. The van der Waals surface area contributed by atoms with E-state index in [0.717, 1.165) is 75.2 Å². The van der Waals surface area contributed by atoms with E-state index < -0.39 is 5.60 Å². The lowest BCUT2D eigenvalue weighted by atomic mass is 9.70. The van der Waals surface area contributed by atoms with Crippen LogP contribution in [0, 0.1) is 5.41 Å². The molecule has 1 atom stereocenters. The van der Waals surface area contributed by atoms with E-state index in [9.17, 15) is 9.90 Å². The van der Waals surface area contributed by atoms with Crippen LogP contribution in [-0.4, -0.2) is 67.5 Å². The van der Waals surface area contributed by atoms with Crippen LogP contribution < -0.4 is 15.8 Å². The average Bonchev–Trinajstić information content (AvgIpc) is 3.68. The molecule has 7 rings (SSSR count). The summed E-state index contributed by atoms with van der Waals surface area (Å²) in [6, 6.07) is 12.3. The Balaban J connectivity index is 1.25.